The van der Waals surface area contributed by atoms with Crippen LogP contribution in [0.15, 0.2) is 64.4 Å². The summed E-state index contributed by atoms with van der Waals surface area (Å²) in [7, 11) is 1.59. The van der Waals surface area contributed by atoms with Gasteiger partial charge in [0.25, 0.3) is 0 Å². The molecule has 5 rings (SSSR count). The van der Waals surface area contributed by atoms with Gasteiger partial charge in [0, 0.05) is 15.7 Å². The van der Waals surface area contributed by atoms with Crippen LogP contribution in [-0.2, 0) is 0 Å². The van der Waals surface area contributed by atoms with Crippen molar-refractivity contribution in [2.24, 2.45) is 0 Å². The number of methoxy groups -OCH3 is 1. The van der Waals surface area contributed by atoms with Gasteiger partial charge in [-0.05, 0) is 58.1 Å². The molecule has 0 bridgehead atoms. The molecule has 4 heteroatoms. The number of carbonyl (C=O) groups is 1. The van der Waals surface area contributed by atoms with Gasteiger partial charge < -0.3 is 9.84 Å². The lowest BCUT2D eigenvalue weighted by Gasteiger charge is -2.26. The average molecular weight is 386 g/mol. The van der Waals surface area contributed by atoms with Crippen LogP contribution in [-0.4, -0.2) is 18.2 Å². The number of aromatic carboxylic acids is 1. The summed E-state index contributed by atoms with van der Waals surface area (Å²) in [6.45, 7) is 0. The summed E-state index contributed by atoms with van der Waals surface area (Å²) in [6, 6.07) is 13.6. The summed E-state index contributed by atoms with van der Waals surface area (Å²) in [5, 5.41) is 12.1. The lowest BCUT2D eigenvalue weighted by Crippen LogP contribution is -2.06. The molecular formula is C24H18O3S. The maximum Gasteiger partial charge on any atom is 0.336 e. The molecule has 0 fully saturated rings. The van der Waals surface area contributed by atoms with Gasteiger partial charge in [0.1, 0.15) is 5.75 Å². The Morgan fingerprint density at radius 1 is 1.07 bits per heavy atom. The number of ether oxygens (including phenoxy) is 1. The number of carboxylic acid groups (broad SMARTS) is 1. The molecule has 0 heterocycles. The molecule has 1 unspecified atom stereocenters. The fraction of sp³-hybridized carbons (Fsp3) is 0.125. The summed E-state index contributed by atoms with van der Waals surface area (Å²) < 4.78 is 5.31. The minimum absolute atomic E-state index is 0.286. The highest BCUT2D eigenvalue weighted by molar-refractivity contribution is 7.99. The van der Waals surface area contributed by atoms with Crippen LogP contribution in [0.4, 0.5) is 0 Å². The van der Waals surface area contributed by atoms with Gasteiger partial charge in [-0.25, -0.2) is 4.79 Å². The van der Waals surface area contributed by atoms with Crippen LogP contribution < -0.4 is 4.74 Å². The van der Waals surface area contributed by atoms with Gasteiger partial charge in [0.2, 0.25) is 0 Å². The molecule has 3 nitrogen and oxygen atoms in total. The van der Waals surface area contributed by atoms with E-state index in [9.17, 15) is 9.90 Å². The number of benzene rings is 3. The Labute approximate surface area is 167 Å². The lowest BCUT2D eigenvalue weighted by molar-refractivity contribution is 0.0693. The number of carboxylic acids is 1. The van der Waals surface area contributed by atoms with Crippen molar-refractivity contribution in [3.8, 4) is 5.75 Å². The van der Waals surface area contributed by atoms with Crippen LogP contribution >= 0.6 is 11.8 Å². The zero-order valence-corrected chi connectivity index (χ0v) is 16.1. The molecule has 2 aliphatic carbocycles. The van der Waals surface area contributed by atoms with Crippen LogP contribution in [0, 0.1) is 0 Å². The topological polar surface area (TPSA) is 46.5 Å². The van der Waals surface area contributed by atoms with Crippen molar-refractivity contribution in [1.82, 2.24) is 0 Å². The summed E-state index contributed by atoms with van der Waals surface area (Å²) in [6.07, 6.45) is 9.98. The minimum Gasteiger partial charge on any atom is -0.497 e. The summed E-state index contributed by atoms with van der Waals surface area (Å²) >= 11 is 1.48. The number of hydrogen-bond acceptors (Lipinski definition) is 3. The number of hydrogen-bond donors (Lipinski definition) is 1. The first kappa shape index (κ1) is 17.1. The van der Waals surface area contributed by atoms with E-state index in [0.29, 0.717) is 16.6 Å². The van der Waals surface area contributed by atoms with E-state index < -0.39 is 5.97 Å². The van der Waals surface area contributed by atoms with Crippen molar-refractivity contribution >= 4 is 40.7 Å². The standard InChI is InChI=1S/C24H18O3S/c1-27-17-9-11-19(24(25)26)21(13-17)28-20-12-8-16-6-5-14-3-2-4-15-7-10-18(20)23(16)22(14)15/h2,4-14H,3H2,1H3,(H,25,26). The average Bonchev–Trinajstić information content (AvgIpc) is 2.72. The summed E-state index contributed by atoms with van der Waals surface area (Å²) in [5.74, 6) is 0.139. The molecule has 3 aromatic carbocycles. The third-order valence-electron chi connectivity index (χ3n) is 5.45. The molecular weight excluding hydrogens is 368 g/mol. The first-order valence-corrected chi connectivity index (χ1v) is 10.0. The molecule has 0 radical (unpaired) electrons. The Kier molecular flexibility index (Phi) is 4.02. The van der Waals surface area contributed by atoms with Crippen LogP contribution in [0.2, 0.25) is 0 Å². The smallest absolute Gasteiger partial charge is 0.336 e. The SMILES string of the molecule is COc1ccc(C(=O)O)c(Sc2ccc3c4c5c(ccc24)C=CCC5C=C3)c1. The quantitative estimate of drug-likeness (QED) is 0.578. The molecule has 0 aliphatic heterocycles. The maximum atomic E-state index is 11.7. The molecule has 28 heavy (non-hydrogen) atoms. The number of allylic oxidation sites excluding steroid dienone is 2. The fourth-order valence-corrected chi connectivity index (χ4v) is 5.22. The molecule has 0 aromatic heterocycles. The van der Waals surface area contributed by atoms with E-state index in [1.807, 2.05) is 0 Å². The first-order chi connectivity index (χ1) is 13.7. The van der Waals surface area contributed by atoms with E-state index in [-0.39, 0.29) is 5.56 Å². The Bertz CT molecular complexity index is 1190. The largest absolute Gasteiger partial charge is 0.497 e. The van der Waals surface area contributed by atoms with Crippen molar-refractivity contribution in [2.45, 2.75) is 22.1 Å². The van der Waals surface area contributed by atoms with E-state index >= 15 is 0 Å². The van der Waals surface area contributed by atoms with E-state index in [0.717, 1.165) is 11.3 Å². The Hall–Kier alpha value is -2.98. The van der Waals surface area contributed by atoms with Crippen molar-refractivity contribution in [3.63, 3.8) is 0 Å². The summed E-state index contributed by atoms with van der Waals surface area (Å²) in [5.41, 5.74) is 4.19. The third kappa shape index (κ3) is 2.64. The van der Waals surface area contributed by atoms with E-state index in [1.165, 1.54) is 39.2 Å². The minimum atomic E-state index is -0.933. The molecule has 3 aromatic rings. The Morgan fingerprint density at radius 2 is 1.93 bits per heavy atom. The van der Waals surface area contributed by atoms with Gasteiger partial charge in [-0.3, -0.25) is 0 Å². The normalized spacial score (nSPS) is 16.4. The molecule has 2 aliphatic rings. The predicted molar refractivity (Wildman–Crippen MR) is 113 cm³/mol. The molecule has 0 spiro atoms. The second kappa shape index (κ2) is 6.57. The third-order valence-corrected chi connectivity index (χ3v) is 6.59. The molecule has 1 atom stereocenters. The Morgan fingerprint density at radius 3 is 2.75 bits per heavy atom. The zero-order chi connectivity index (χ0) is 19.3. The van der Waals surface area contributed by atoms with Gasteiger partial charge >= 0.3 is 5.97 Å². The lowest BCUT2D eigenvalue weighted by atomic mass is 9.79. The van der Waals surface area contributed by atoms with E-state index in [1.54, 1.807) is 25.3 Å². The van der Waals surface area contributed by atoms with Crippen LogP contribution in [0.3, 0.4) is 0 Å². The molecule has 1 N–H and O–H groups in total. The molecule has 138 valence electrons. The van der Waals surface area contributed by atoms with Crippen molar-refractivity contribution in [3.05, 3.63) is 76.9 Å². The highest BCUT2D eigenvalue weighted by atomic mass is 32.2. The van der Waals surface area contributed by atoms with E-state index in [4.69, 9.17) is 4.74 Å². The molecule has 0 amide bonds. The highest BCUT2D eigenvalue weighted by Gasteiger charge is 2.23. The second-order valence-corrected chi connectivity index (χ2v) is 8.10. The molecule has 0 saturated carbocycles. The van der Waals surface area contributed by atoms with Gasteiger partial charge in [-0.1, -0.05) is 54.3 Å². The van der Waals surface area contributed by atoms with Gasteiger partial charge in [0.15, 0.2) is 0 Å². The maximum absolute atomic E-state index is 11.7. The van der Waals surface area contributed by atoms with Crippen molar-refractivity contribution in [2.75, 3.05) is 7.11 Å². The summed E-state index contributed by atoms with van der Waals surface area (Å²) in [4.78, 5) is 13.4. The fourth-order valence-electron chi connectivity index (χ4n) is 4.13. The first-order valence-electron chi connectivity index (χ1n) is 9.19. The monoisotopic (exact) mass is 386 g/mol. The number of rotatable bonds is 4. The van der Waals surface area contributed by atoms with Gasteiger partial charge in [-0.15, -0.1) is 0 Å². The van der Waals surface area contributed by atoms with Crippen LogP contribution in [0.1, 0.15) is 39.4 Å². The Balaban J connectivity index is 1.70. The van der Waals surface area contributed by atoms with Gasteiger partial charge in [-0.2, -0.15) is 0 Å². The van der Waals surface area contributed by atoms with Crippen LogP contribution in [0.25, 0.3) is 22.9 Å². The molecule has 0 saturated heterocycles. The second-order valence-electron chi connectivity index (χ2n) is 7.02. The highest BCUT2D eigenvalue weighted by Crippen LogP contribution is 2.45. The van der Waals surface area contributed by atoms with Gasteiger partial charge in [0.05, 0.1) is 12.7 Å². The van der Waals surface area contributed by atoms with Crippen LogP contribution in [0.5, 0.6) is 5.75 Å². The van der Waals surface area contributed by atoms with Crippen molar-refractivity contribution in [1.29, 1.82) is 0 Å². The van der Waals surface area contributed by atoms with Crippen molar-refractivity contribution < 1.29 is 14.6 Å². The van der Waals surface area contributed by atoms with E-state index in [2.05, 4.69) is 48.6 Å². The zero-order valence-electron chi connectivity index (χ0n) is 15.3. The predicted octanol–water partition coefficient (Wildman–Crippen LogP) is 6.23.